The van der Waals surface area contributed by atoms with Crippen LogP contribution in [0.4, 0.5) is 0 Å². The van der Waals surface area contributed by atoms with Gasteiger partial charge in [0.25, 0.3) is 0 Å². The average Bonchev–Trinajstić information content (AvgIpc) is 2.17. The third-order valence-corrected chi connectivity index (χ3v) is 3.41. The van der Waals surface area contributed by atoms with Crippen molar-refractivity contribution in [3.63, 3.8) is 0 Å². The van der Waals surface area contributed by atoms with E-state index in [9.17, 15) is 0 Å². The van der Waals surface area contributed by atoms with Gasteiger partial charge in [0.1, 0.15) is 5.76 Å². The Morgan fingerprint density at radius 1 is 1.47 bits per heavy atom. The predicted molar refractivity (Wildman–Crippen MR) is 64.5 cm³/mol. The number of hydrogen-bond donors (Lipinski definition) is 1. The van der Waals surface area contributed by atoms with Gasteiger partial charge < -0.3 is 10.5 Å². The fourth-order valence-electron chi connectivity index (χ4n) is 1.69. The molecule has 0 saturated heterocycles. The number of ether oxygens (including phenoxy) is 1. The highest BCUT2D eigenvalue weighted by atomic mass is 16.5. The highest BCUT2D eigenvalue weighted by Crippen LogP contribution is 2.30. The van der Waals surface area contributed by atoms with Gasteiger partial charge in [0.15, 0.2) is 0 Å². The molecule has 1 rings (SSSR count). The smallest absolute Gasteiger partial charge is 0.109 e. The van der Waals surface area contributed by atoms with E-state index in [4.69, 9.17) is 10.5 Å². The molecule has 0 aliphatic carbocycles. The molecular weight excluding hydrogens is 186 g/mol. The standard InChI is InChI=1S/C13H25NO/c1-10(13(2,3)4)9-11(14)12-7-5-6-8-15-12/h7,10-11H,5-6,8-9,14H2,1-4H3. The third kappa shape index (κ3) is 3.86. The molecule has 88 valence electrons. The summed E-state index contributed by atoms with van der Waals surface area (Å²) in [5.41, 5.74) is 6.48. The van der Waals surface area contributed by atoms with Crippen LogP contribution in [0.15, 0.2) is 11.8 Å². The molecule has 2 N–H and O–H groups in total. The molecule has 0 aromatic rings. The van der Waals surface area contributed by atoms with E-state index in [-0.39, 0.29) is 6.04 Å². The van der Waals surface area contributed by atoms with Crippen molar-refractivity contribution in [1.29, 1.82) is 0 Å². The summed E-state index contributed by atoms with van der Waals surface area (Å²) in [5, 5.41) is 0. The maximum Gasteiger partial charge on any atom is 0.109 e. The topological polar surface area (TPSA) is 35.2 Å². The van der Waals surface area contributed by atoms with E-state index in [1.807, 2.05) is 0 Å². The van der Waals surface area contributed by atoms with Crippen molar-refractivity contribution in [2.24, 2.45) is 17.1 Å². The van der Waals surface area contributed by atoms with Crippen molar-refractivity contribution in [2.45, 2.75) is 53.0 Å². The minimum absolute atomic E-state index is 0.0829. The SMILES string of the molecule is CC(CC(N)C1=CCCCO1)C(C)(C)C. The second-order valence-electron chi connectivity index (χ2n) is 5.71. The summed E-state index contributed by atoms with van der Waals surface area (Å²) in [5.74, 6) is 1.62. The normalized spacial score (nSPS) is 21.5. The van der Waals surface area contributed by atoms with Crippen molar-refractivity contribution in [3.8, 4) is 0 Å². The van der Waals surface area contributed by atoms with E-state index in [1.54, 1.807) is 0 Å². The summed E-state index contributed by atoms with van der Waals surface area (Å²) >= 11 is 0. The molecule has 1 aliphatic rings. The fourth-order valence-corrected chi connectivity index (χ4v) is 1.69. The van der Waals surface area contributed by atoms with Crippen LogP contribution in [0.2, 0.25) is 0 Å². The second-order valence-corrected chi connectivity index (χ2v) is 5.71. The zero-order valence-electron chi connectivity index (χ0n) is 10.5. The molecular formula is C13H25NO. The highest BCUT2D eigenvalue weighted by Gasteiger charge is 2.24. The van der Waals surface area contributed by atoms with Crippen LogP contribution in [0.25, 0.3) is 0 Å². The van der Waals surface area contributed by atoms with Gasteiger partial charge in [-0.15, -0.1) is 0 Å². The lowest BCUT2D eigenvalue weighted by Gasteiger charge is -2.30. The van der Waals surface area contributed by atoms with Crippen molar-refractivity contribution in [1.82, 2.24) is 0 Å². The Bertz CT molecular complexity index is 227. The molecule has 0 radical (unpaired) electrons. The Balaban J connectivity index is 2.47. The van der Waals surface area contributed by atoms with E-state index < -0.39 is 0 Å². The van der Waals surface area contributed by atoms with Crippen LogP contribution in [-0.2, 0) is 4.74 Å². The van der Waals surface area contributed by atoms with Crippen molar-refractivity contribution >= 4 is 0 Å². The molecule has 0 amide bonds. The predicted octanol–water partition coefficient (Wildman–Crippen LogP) is 3.08. The molecule has 2 unspecified atom stereocenters. The molecule has 1 heterocycles. The van der Waals surface area contributed by atoms with Crippen LogP contribution in [-0.4, -0.2) is 12.6 Å². The van der Waals surface area contributed by atoms with Crippen molar-refractivity contribution in [3.05, 3.63) is 11.8 Å². The maximum atomic E-state index is 6.15. The zero-order valence-corrected chi connectivity index (χ0v) is 10.5. The highest BCUT2D eigenvalue weighted by molar-refractivity contribution is 5.04. The molecule has 0 aromatic carbocycles. The van der Waals surface area contributed by atoms with Crippen LogP contribution in [0.3, 0.4) is 0 Å². The zero-order chi connectivity index (χ0) is 11.5. The molecule has 0 fully saturated rings. The van der Waals surface area contributed by atoms with Gasteiger partial charge in [0.05, 0.1) is 12.6 Å². The largest absolute Gasteiger partial charge is 0.497 e. The molecule has 2 nitrogen and oxygen atoms in total. The van der Waals surface area contributed by atoms with E-state index >= 15 is 0 Å². The molecule has 2 heteroatoms. The number of hydrogen-bond acceptors (Lipinski definition) is 2. The Morgan fingerprint density at radius 3 is 2.60 bits per heavy atom. The molecule has 0 saturated carbocycles. The monoisotopic (exact) mass is 211 g/mol. The summed E-state index contributed by atoms with van der Waals surface area (Å²) in [7, 11) is 0. The number of rotatable bonds is 3. The summed E-state index contributed by atoms with van der Waals surface area (Å²) in [4.78, 5) is 0. The average molecular weight is 211 g/mol. The van der Waals surface area contributed by atoms with Crippen LogP contribution >= 0.6 is 0 Å². The maximum absolute atomic E-state index is 6.15. The Morgan fingerprint density at radius 2 is 2.13 bits per heavy atom. The Kier molecular flexibility index (Phi) is 4.21. The first-order valence-corrected chi connectivity index (χ1v) is 5.99. The third-order valence-electron chi connectivity index (χ3n) is 3.41. The van der Waals surface area contributed by atoms with E-state index in [1.165, 1.54) is 0 Å². The summed E-state index contributed by atoms with van der Waals surface area (Å²) in [6.07, 6.45) is 5.41. The van der Waals surface area contributed by atoms with Gasteiger partial charge in [-0.1, -0.05) is 27.7 Å². The quantitative estimate of drug-likeness (QED) is 0.778. The summed E-state index contributed by atoms with van der Waals surface area (Å²) in [6.45, 7) is 9.90. The lowest BCUT2D eigenvalue weighted by atomic mass is 9.78. The fraction of sp³-hybridized carbons (Fsp3) is 0.846. The van der Waals surface area contributed by atoms with E-state index in [0.717, 1.165) is 31.6 Å². The summed E-state index contributed by atoms with van der Waals surface area (Å²) in [6, 6.07) is 0.0829. The Hall–Kier alpha value is -0.500. The van der Waals surface area contributed by atoms with Crippen molar-refractivity contribution in [2.75, 3.05) is 6.61 Å². The lowest BCUT2D eigenvalue weighted by molar-refractivity contribution is 0.157. The van der Waals surface area contributed by atoms with Gasteiger partial charge in [-0.05, 0) is 36.7 Å². The molecule has 2 atom stereocenters. The van der Waals surface area contributed by atoms with Gasteiger partial charge in [0.2, 0.25) is 0 Å². The van der Waals surface area contributed by atoms with Crippen LogP contribution in [0.5, 0.6) is 0 Å². The van der Waals surface area contributed by atoms with Gasteiger partial charge in [-0.25, -0.2) is 0 Å². The van der Waals surface area contributed by atoms with E-state index in [2.05, 4.69) is 33.8 Å². The van der Waals surface area contributed by atoms with Crippen LogP contribution in [0, 0.1) is 11.3 Å². The van der Waals surface area contributed by atoms with E-state index in [0.29, 0.717) is 11.3 Å². The number of nitrogens with two attached hydrogens (primary N) is 1. The minimum Gasteiger partial charge on any atom is -0.497 e. The molecule has 1 aliphatic heterocycles. The number of allylic oxidation sites excluding steroid dienone is 1. The molecule has 0 spiro atoms. The molecule has 0 aromatic heterocycles. The van der Waals surface area contributed by atoms with Crippen LogP contribution < -0.4 is 5.73 Å². The second kappa shape index (κ2) is 5.02. The first-order valence-electron chi connectivity index (χ1n) is 5.99. The van der Waals surface area contributed by atoms with Crippen LogP contribution in [0.1, 0.15) is 47.0 Å². The lowest BCUT2D eigenvalue weighted by Crippen LogP contribution is -2.31. The van der Waals surface area contributed by atoms with Gasteiger partial charge in [0, 0.05) is 0 Å². The first-order chi connectivity index (χ1) is 6.91. The molecule has 0 bridgehead atoms. The first kappa shape index (κ1) is 12.6. The van der Waals surface area contributed by atoms with Crippen molar-refractivity contribution < 1.29 is 4.74 Å². The van der Waals surface area contributed by atoms with Gasteiger partial charge in [-0.2, -0.15) is 0 Å². The van der Waals surface area contributed by atoms with Gasteiger partial charge in [-0.3, -0.25) is 0 Å². The summed E-state index contributed by atoms with van der Waals surface area (Å²) < 4.78 is 5.59. The Labute approximate surface area is 93.9 Å². The molecule has 15 heavy (non-hydrogen) atoms. The van der Waals surface area contributed by atoms with Gasteiger partial charge >= 0.3 is 0 Å². The minimum atomic E-state index is 0.0829.